The van der Waals surface area contributed by atoms with Crippen LogP contribution in [0.25, 0.3) is 0 Å². The van der Waals surface area contributed by atoms with Crippen molar-refractivity contribution in [2.24, 2.45) is 0 Å². The van der Waals surface area contributed by atoms with Gasteiger partial charge < -0.3 is 29.7 Å². The van der Waals surface area contributed by atoms with Gasteiger partial charge in [-0.25, -0.2) is 9.18 Å². The lowest BCUT2D eigenvalue weighted by atomic mass is 10.0. The Kier molecular flexibility index (Phi) is 20.4. The Hall–Kier alpha value is -1.36. The molecule has 10 nitrogen and oxygen atoms in total. The zero-order valence-electron chi connectivity index (χ0n) is 23.7. The molecule has 0 aromatic carbocycles. The van der Waals surface area contributed by atoms with Crippen LogP contribution in [0.3, 0.4) is 0 Å². The fourth-order valence-corrected chi connectivity index (χ4v) is 4.96. The van der Waals surface area contributed by atoms with Crippen LogP contribution >= 0.6 is 7.60 Å². The maximum absolute atomic E-state index is 12.7. The minimum Gasteiger partial charge on any atom is -0.394 e. The molecular weight excluding hydrogens is 528 g/mol. The number of nitrogens with zero attached hydrogens (tertiary/aromatic N) is 2. The van der Waals surface area contributed by atoms with E-state index < -0.39 is 38.5 Å². The Bertz CT molecular complexity index is 844. The van der Waals surface area contributed by atoms with Crippen LogP contribution in [-0.4, -0.2) is 64.6 Å². The number of nitrogens with two attached hydrogens (primary N) is 1. The highest BCUT2D eigenvalue weighted by atomic mass is 31.2. The highest BCUT2D eigenvalue weighted by Crippen LogP contribution is 2.42. The summed E-state index contributed by atoms with van der Waals surface area (Å²) in [5.41, 5.74) is 4.84. The lowest BCUT2D eigenvalue weighted by molar-refractivity contribution is 0.0162. The molecule has 0 radical (unpaired) electrons. The number of hydrogen-bond acceptors (Lipinski definition) is 8. The molecule has 0 aliphatic rings. The number of anilines is 1. The Morgan fingerprint density at radius 3 is 2.10 bits per heavy atom. The van der Waals surface area contributed by atoms with E-state index in [1.807, 2.05) is 0 Å². The first kappa shape index (κ1) is 35.7. The van der Waals surface area contributed by atoms with Crippen molar-refractivity contribution >= 4 is 13.4 Å². The van der Waals surface area contributed by atoms with Crippen molar-refractivity contribution in [3.63, 3.8) is 0 Å². The zero-order chi connectivity index (χ0) is 28.8. The van der Waals surface area contributed by atoms with Gasteiger partial charge >= 0.3 is 13.3 Å². The van der Waals surface area contributed by atoms with Crippen LogP contribution in [0.4, 0.5) is 10.2 Å². The lowest BCUT2D eigenvalue weighted by Crippen LogP contribution is -2.32. The number of aliphatic hydroxyl groups is 1. The summed E-state index contributed by atoms with van der Waals surface area (Å²) in [6.07, 6.45) is 14.9. The summed E-state index contributed by atoms with van der Waals surface area (Å²) >= 11 is 0. The normalized spacial score (nSPS) is 14.8. The molecule has 228 valence electrons. The van der Waals surface area contributed by atoms with Crippen molar-refractivity contribution in [1.82, 2.24) is 9.55 Å². The maximum Gasteiger partial charge on any atom is 0.353 e. The van der Waals surface area contributed by atoms with E-state index in [4.69, 9.17) is 19.7 Å². The van der Waals surface area contributed by atoms with Gasteiger partial charge in [0.15, 0.2) is 0 Å². The van der Waals surface area contributed by atoms with Crippen LogP contribution in [0.15, 0.2) is 17.1 Å². The molecule has 0 amide bonds. The Labute approximate surface area is 233 Å². The van der Waals surface area contributed by atoms with E-state index in [2.05, 4.69) is 4.98 Å². The van der Waals surface area contributed by atoms with Crippen LogP contribution in [0.5, 0.6) is 0 Å². The number of rotatable bonds is 26. The number of ether oxygens (including phenoxy) is 2. The third kappa shape index (κ3) is 20.2. The van der Waals surface area contributed by atoms with Crippen LogP contribution in [0.2, 0.25) is 0 Å². The predicted molar refractivity (Wildman–Crippen MR) is 152 cm³/mol. The number of alkyl halides is 1. The number of unbranched alkanes of at least 4 members (excludes halogenated alkanes) is 11. The second-order valence-corrected chi connectivity index (χ2v) is 11.9. The summed E-state index contributed by atoms with van der Waals surface area (Å²) in [6, 6.07) is 1.43. The lowest BCUT2D eigenvalue weighted by Gasteiger charge is -2.19. The van der Waals surface area contributed by atoms with Crippen molar-refractivity contribution in [1.29, 1.82) is 0 Å². The molecule has 0 saturated carbocycles. The molecule has 0 bridgehead atoms. The molecule has 0 saturated heterocycles. The molecule has 0 aliphatic carbocycles. The molecule has 0 spiro atoms. The van der Waals surface area contributed by atoms with Gasteiger partial charge in [0, 0.05) is 19.4 Å². The monoisotopic (exact) mass is 579 g/mol. The van der Waals surface area contributed by atoms with E-state index in [-0.39, 0.29) is 19.0 Å². The fraction of sp³-hybridized carbons (Fsp3) is 0.852. The number of halogens is 1. The molecule has 4 N–H and O–H groups in total. The topological polar surface area (TPSA) is 146 Å². The standard InChI is InChI=1S/C27H51FN3O7P/c1-24(28)15-12-10-8-6-4-2-3-5-7-9-11-13-18-36-19-14-20-38-39(34,35)23-37-25(22-32)21-31-17-16-26(29)30-27(31)33/h16-17,24-25,32H,2-15,18-23H2,1H3,(H,34,35)(H2,29,30,33)/t24?,25-/m0/s1. The molecule has 1 rings (SSSR count). The SMILES string of the molecule is CC(F)CCCCCCCCCCCCCCOCCCOP(=O)(O)CO[C@H](CO)Cn1ccc(N)nc1=O. The number of hydrogen-bond donors (Lipinski definition) is 3. The summed E-state index contributed by atoms with van der Waals surface area (Å²) in [4.78, 5) is 25.3. The summed E-state index contributed by atoms with van der Waals surface area (Å²) in [6.45, 7) is 2.31. The summed E-state index contributed by atoms with van der Waals surface area (Å²) in [7, 11) is -4.00. The van der Waals surface area contributed by atoms with E-state index in [1.165, 1.54) is 68.2 Å². The number of nitrogen functional groups attached to an aromatic ring is 1. The first-order valence-corrected chi connectivity index (χ1v) is 16.2. The van der Waals surface area contributed by atoms with Gasteiger partial charge in [-0.15, -0.1) is 0 Å². The van der Waals surface area contributed by atoms with Gasteiger partial charge in [-0.05, 0) is 32.3 Å². The summed E-state index contributed by atoms with van der Waals surface area (Å²) in [5.74, 6) is 0.0807. The Balaban J connectivity index is 1.93. The third-order valence-electron chi connectivity index (χ3n) is 6.34. The van der Waals surface area contributed by atoms with Gasteiger partial charge in [-0.3, -0.25) is 9.13 Å². The van der Waals surface area contributed by atoms with E-state index in [0.717, 1.165) is 25.7 Å². The molecule has 0 fully saturated rings. The minimum absolute atomic E-state index is 0.0414. The third-order valence-corrected chi connectivity index (χ3v) is 7.40. The van der Waals surface area contributed by atoms with E-state index >= 15 is 0 Å². The molecule has 2 unspecified atom stereocenters. The highest BCUT2D eigenvalue weighted by Gasteiger charge is 2.22. The van der Waals surface area contributed by atoms with Crippen LogP contribution in [0, 0.1) is 0 Å². The summed E-state index contributed by atoms with van der Waals surface area (Å²) in [5, 5.41) is 9.46. The Morgan fingerprint density at radius 1 is 0.974 bits per heavy atom. The van der Waals surface area contributed by atoms with Crippen LogP contribution < -0.4 is 11.4 Å². The molecule has 1 aromatic heterocycles. The molecule has 1 heterocycles. The van der Waals surface area contributed by atoms with Gasteiger partial charge in [-0.2, -0.15) is 4.98 Å². The molecular formula is C27H51FN3O7P. The van der Waals surface area contributed by atoms with E-state index in [1.54, 1.807) is 6.92 Å². The molecule has 0 aliphatic heterocycles. The van der Waals surface area contributed by atoms with Gasteiger partial charge in [0.25, 0.3) is 0 Å². The molecule has 1 aromatic rings. The van der Waals surface area contributed by atoms with Gasteiger partial charge in [0.05, 0.1) is 32.0 Å². The first-order chi connectivity index (χ1) is 18.7. The average molecular weight is 580 g/mol. The second-order valence-electron chi connectivity index (χ2n) is 10.1. The van der Waals surface area contributed by atoms with Crippen molar-refractivity contribution in [2.75, 3.05) is 38.5 Å². The van der Waals surface area contributed by atoms with Crippen molar-refractivity contribution < 1.29 is 33.0 Å². The van der Waals surface area contributed by atoms with Gasteiger partial charge in [-0.1, -0.05) is 70.6 Å². The van der Waals surface area contributed by atoms with Crippen LogP contribution in [-0.2, 0) is 25.1 Å². The van der Waals surface area contributed by atoms with Crippen molar-refractivity contribution in [3.05, 3.63) is 22.7 Å². The van der Waals surface area contributed by atoms with Crippen LogP contribution in [0.1, 0.15) is 96.8 Å². The van der Waals surface area contributed by atoms with Gasteiger partial charge in [0.2, 0.25) is 0 Å². The summed E-state index contributed by atoms with van der Waals surface area (Å²) < 4.78 is 42.0. The maximum atomic E-state index is 12.7. The first-order valence-electron chi connectivity index (χ1n) is 14.5. The molecule has 12 heteroatoms. The number of aromatic nitrogens is 2. The Morgan fingerprint density at radius 2 is 1.54 bits per heavy atom. The largest absolute Gasteiger partial charge is 0.394 e. The number of aliphatic hydroxyl groups excluding tert-OH is 1. The fourth-order valence-electron chi connectivity index (χ4n) is 4.07. The average Bonchev–Trinajstić information content (AvgIpc) is 2.88. The quantitative estimate of drug-likeness (QED) is 0.0995. The highest BCUT2D eigenvalue weighted by molar-refractivity contribution is 7.52. The van der Waals surface area contributed by atoms with E-state index in [9.17, 15) is 23.7 Å². The smallest absolute Gasteiger partial charge is 0.353 e. The predicted octanol–water partition coefficient (Wildman–Crippen LogP) is 5.20. The van der Waals surface area contributed by atoms with E-state index in [0.29, 0.717) is 26.1 Å². The van der Waals surface area contributed by atoms with Crippen molar-refractivity contribution in [2.45, 2.75) is 116 Å². The molecule has 39 heavy (non-hydrogen) atoms. The minimum atomic E-state index is -4.00. The zero-order valence-corrected chi connectivity index (χ0v) is 24.6. The van der Waals surface area contributed by atoms with Crippen molar-refractivity contribution in [3.8, 4) is 0 Å². The second kappa shape index (κ2) is 22.3. The molecule has 3 atom stereocenters. The van der Waals surface area contributed by atoms with Gasteiger partial charge in [0.1, 0.15) is 12.2 Å².